The Morgan fingerprint density at radius 3 is 2.67 bits per heavy atom. The second-order valence-electron chi connectivity index (χ2n) is 6.29. The number of carbonyl (C=O) groups excluding carboxylic acids is 1. The third-order valence-corrected chi connectivity index (χ3v) is 5.35. The van der Waals surface area contributed by atoms with Gasteiger partial charge >= 0.3 is 0 Å². The molecule has 0 radical (unpaired) electrons. The molecule has 2 rings (SSSR count). The summed E-state index contributed by atoms with van der Waals surface area (Å²) in [6.07, 6.45) is 4.62. The van der Waals surface area contributed by atoms with Crippen LogP contribution in [0.25, 0.3) is 0 Å². The quantitative estimate of drug-likeness (QED) is 0.835. The van der Waals surface area contributed by atoms with E-state index in [0.717, 1.165) is 32.6 Å². The second-order valence-corrected chi connectivity index (χ2v) is 6.29. The minimum Gasteiger partial charge on any atom is -0.342 e. The summed E-state index contributed by atoms with van der Waals surface area (Å²) in [7, 11) is 0. The Balaban J connectivity index is 1.98. The molecule has 2 heterocycles. The average molecular weight is 252 g/mol. The third-order valence-electron chi connectivity index (χ3n) is 5.35. The Labute approximate surface area is 111 Å². The van der Waals surface area contributed by atoms with Crippen LogP contribution in [0, 0.1) is 17.3 Å². The van der Waals surface area contributed by atoms with Gasteiger partial charge in [0.2, 0.25) is 5.91 Å². The van der Waals surface area contributed by atoms with Crippen LogP contribution in [0.2, 0.25) is 0 Å². The van der Waals surface area contributed by atoms with Gasteiger partial charge in [0.05, 0.1) is 0 Å². The number of nitrogens with one attached hydrogen (secondary N) is 1. The van der Waals surface area contributed by atoms with E-state index in [4.69, 9.17) is 0 Å². The monoisotopic (exact) mass is 252 g/mol. The number of nitrogens with zero attached hydrogens (tertiary/aromatic N) is 1. The van der Waals surface area contributed by atoms with Crippen LogP contribution >= 0.6 is 0 Å². The number of hydrogen-bond acceptors (Lipinski definition) is 2. The molecule has 1 N–H and O–H groups in total. The molecule has 2 unspecified atom stereocenters. The van der Waals surface area contributed by atoms with Crippen molar-refractivity contribution >= 4 is 5.91 Å². The lowest BCUT2D eigenvalue weighted by atomic mass is 9.81. The molecule has 1 amide bonds. The molecule has 2 fully saturated rings. The molecule has 0 bridgehead atoms. The Kier molecular flexibility index (Phi) is 4.31. The van der Waals surface area contributed by atoms with Crippen molar-refractivity contribution in [3.8, 4) is 0 Å². The zero-order valence-corrected chi connectivity index (χ0v) is 12.2. The van der Waals surface area contributed by atoms with Crippen LogP contribution in [0.4, 0.5) is 0 Å². The molecule has 2 aliphatic heterocycles. The summed E-state index contributed by atoms with van der Waals surface area (Å²) in [6.45, 7) is 10.7. The van der Waals surface area contributed by atoms with E-state index in [1.54, 1.807) is 0 Å². The maximum absolute atomic E-state index is 12.6. The molecule has 0 aromatic rings. The number of carbonyl (C=O) groups is 1. The van der Waals surface area contributed by atoms with E-state index in [1.807, 2.05) is 0 Å². The molecule has 0 spiro atoms. The van der Waals surface area contributed by atoms with Gasteiger partial charge in [-0.25, -0.2) is 0 Å². The number of rotatable bonds is 3. The fraction of sp³-hybridized carbons (Fsp3) is 0.933. The fourth-order valence-electron chi connectivity index (χ4n) is 3.57. The van der Waals surface area contributed by atoms with E-state index in [1.165, 1.54) is 19.3 Å². The minimum absolute atomic E-state index is 0.260. The maximum Gasteiger partial charge on any atom is 0.226 e. The van der Waals surface area contributed by atoms with Crippen LogP contribution in [0.5, 0.6) is 0 Å². The largest absolute Gasteiger partial charge is 0.342 e. The second kappa shape index (κ2) is 5.60. The number of likely N-dealkylation sites (tertiary alicyclic amines) is 1. The minimum atomic E-state index is 0.260. The van der Waals surface area contributed by atoms with Crippen LogP contribution in [0.3, 0.4) is 0 Å². The normalized spacial score (nSPS) is 31.6. The molecule has 2 atom stereocenters. The van der Waals surface area contributed by atoms with Crippen molar-refractivity contribution in [3.63, 3.8) is 0 Å². The van der Waals surface area contributed by atoms with E-state index >= 15 is 0 Å². The van der Waals surface area contributed by atoms with Crippen LogP contribution in [-0.2, 0) is 4.79 Å². The third kappa shape index (κ3) is 2.56. The summed E-state index contributed by atoms with van der Waals surface area (Å²) in [4.78, 5) is 14.8. The summed E-state index contributed by atoms with van der Waals surface area (Å²) in [5.41, 5.74) is 0.409. The van der Waals surface area contributed by atoms with Crippen molar-refractivity contribution < 1.29 is 4.79 Å². The van der Waals surface area contributed by atoms with E-state index in [9.17, 15) is 4.79 Å². The smallest absolute Gasteiger partial charge is 0.226 e. The highest BCUT2D eigenvalue weighted by Crippen LogP contribution is 2.38. The van der Waals surface area contributed by atoms with Crippen LogP contribution in [0.1, 0.15) is 46.5 Å². The van der Waals surface area contributed by atoms with Gasteiger partial charge in [-0.15, -0.1) is 0 Å². The van der Waals surface area contributed by atoms with Gasteiger partial charge in [0.1, 0.15) is 0 Å². The van der Waals surface area contributed by atoms with Crippen molar-refractivity contribution in [2.45, 2.75) is 46.5 Å². The highest BCUT2D eigenvalue weighted by molar-refractivity contribution is 5.79. The maximum atomic E-state index is 12.6. The predicted octanol–water partition coefficient (Wildman–Crippen LogP) is 2.27. The van der Waals surface area contributed by atoms with E-state index in [-0.39, 0.29) is 5.92 Å². The molecule has 0 saturated carbocycles. The molecule has 0 aromatic heterocycles. The Bertz CT molecular complexity index is 299. The van der Waals surface area contributed by atoms with Gasteiger partial charge in [0, 0.05) is 19.0 Å². The Hall–Kier alpha value is -0.570. The van der Waals surface area contributed by atoms with E-state index < -0.39 is 0 Å². The SMILES string of the molecule is CCC1(CC)CCN(C(=O)C2CCNCC2C)C1. The highest BCUT2D eigenvalue weighted by Gasteiger charge is 2.40. The first-order valence-corrected chi connectivity index (χ1v) is 7.61. The molecular formula is C15H28N2O. The predicted molar refractivity (Wildman–Crippen MR) is 74.4 cm³/mol. The van der Waals surface area contributed by atoms with Crippen LogP contribution < -0.4 is 5.32 Å². The molecule has 3 heteroatoms. The topological polar surface area (TPSA) is 32.3 Å². The summed E-state index contributed by atoms with van der Waals surface area (Å²) in [6, 6.07) is 0. The first-order chi connectivity index (χ1) is 8.62. The van der Waals surface area contributed by atoms with Gasteiger partial charge in [-0.05, 0) is 50.1 Å². The summed E-state index contributed by atoms with van der Waals surface area (Å²) >= 11 is 0. The van der Waals surface area contributed by atoms with Crippen molar-refractivity contribution in [2.24, 2.45) is 17.3 Å². The average Bonchev–Trinajstić information content (AvgIpc) is 2.84. The summed E-state index contributed by atoms with van der Waals surface area (Å²) < 4.78 is 0. The summed E-state index contributed by atoms with van der Waals surface area (Å²) in [5, 5.41) is 3.38. The van der Waals surface area contributed by atoms with Gasteiger partial charge in [0.15, 0.2) is 0 Å². The lowest BCUT2D eigenvalue weighted by Gasteiger charge is -2.33. The van der Waals surface area contributed by atoms with Gasteiger partial charge in [0.25, 0.3) is 0 Å². The van der Waals surface area contributed by atoms with Gasteiger partial charge < -0.3 is 10.2 Å². The molecule has 2 aliphatic rings. The van der Waals surface area contributed by atoms with Crippen molar-refractivity contribution in [1.82, 2.24) is 10.2 Å². The van der Waals surface area contributed by atoms with E-state index in [0.29, 0.717) is 17.2 Å². The van der Waals surface area contributed by atoms with Gasteiger partial charge in [-0.2, -0.15) is 0 Å². The van der Waals surface area contributed by atoms with Crippen LogP contribution in [0.15, 0.2) is 0 Å². The first kappa shape index (κ1) is 13.9. The number of piperidine rings is 1. The number of hydrogen-bond donors (Lipinski definition) is 1. The molecule has 18 heavy (non-hydrogen) atoms. The molecular weight excluding hydrogens is 224 g/mol. The van der Waals surface area contributed by atoms with Crippen molar-refractivity contribution in [3.05, 3.63) is 0 Å². The molecule has 3 nitrogen and oxygen atoms in total. The molecule has 2 saturated heterocycles. The Morgan fingerprint density at radius 1 is 1.39 bits per heavy atom. The Morgan fingerprint density at radius 2 is 2.11 bits per heavy atom. The van der Waals surface area contributed by atoms with Gasteiger partial charge in [-0.3, -0.25) is 4.79 Å². The molecule has 0 aromatic carbocycles. The van der Waals surface area contributed by atoms with Crippen molar-refractivity contribution in [1.29, 1.82) is 0 Å². The summed E-state index contributed by atoms with van der Waals surface area (Å²) in [5.74, 6) is 1.17. The number of amides is 1. The standard InChI is InChI=1S/C15H28N2O/c1-4-15(5-2)7-9-17(11-15)14(18)13-6-8-16-10-12(13)3/h12-13,16H,4-11H2,1-3H3. The zero-order valence-electron chi connectivity index (χ0n) is 12.2. The molecule has 0 aliphatic carbocycles. The van der Waals surface area contributed by atoms with Crippen LogP contribution in [-0.4, -0.2) is 37.0 Å². The van der Waals surface area contributed by atoms with Gasteiger partial charge in [-0.1, -0.05) is 20.8 Å². The van der Waals surface area contributed by atoms with Crippen molar-refractivity contribution in [2.75, 3.05) is 26.2 Å². The lowest BCUT2D eigenvalue weighted by Crippen LogP contribution is -2.45. The molecule has 104 valence electrons. The first-order valence-electron chi connectivity index (χ1n) is 7.61. The van der Waals surface area contributed by atoms with E-state index in [2.05, 4.69) is 31.0 Å². The lowest BCUT2D eigenvalue weighted by molar-refractivity contribution is -0.137. The zero-order chi connectivity index (χ0) is 13.2. The fourth-order valence-corrected chi connectivity index (χ4v) is 3.57. The highest BCUT2D eigenvalue weighted by atomic mass is 16.2.